The van der Waals surface area contributed by atoms with Gasteiger partial charge in [-0.1, -0.05) is 12.1 Å². The number of hydrogen-bond donors (Lipinski definition) is 2. The molecule has 0 bridgehead atoms. The first-order valence-electron chi connectivity index (χ1n) is 8.69. The van der Waals surface area contributed by atoms with Crippen molar-refractivity contribution in [3.8, 4) is 0 Å². The first-order valence-corrected chi connectivity index (χ1v) is 8.69. The quantitative estimate of drug-likeness (QED) is 0.878. The number of aromatic amines is 1. The van der Waals surface area contributed by atoms with Crippen LogP contribution in [0.4, 0.5) is 0 Å². The number of aromatic nitrogens is 2. The molecule has 3 rings (SSSR count). The molecule has 1 aromatic carbocycles. The monoisotopic (exact) mass is 356 g/mol. The van der Waals surface area contributed by atoms with Crippen molar-refractivity contribution in [3.05, 3.63) is 52.3 Å². The molecule has 26 heavy (non-hydrogen) atoms. The van der Waals surface area contributed by atoms with Crippen molar-refractivity contribution in [2.75, 3.05) is 14.1 Å². The van der Waals surface area contributed by atoms with E-state index in [1.165, 1.54) is 0 Å². The molecule has 2 amide bonds. The van der Waals surface area contributed by atoms with Gasteiger partial charge in [0.2, 0.25) is 0 Å². The highest BCUT2D eigenvalue weighted by molar-refractivity contribution is 5.94. The van der Waals surface area contributed by atoms with Gasteiger partial charge in [-0.15, -0.1) is 0 Å². The molecule has 2 heterocycles. The smallest absolute Gasteiger partial charge is 0.274 e. The summed E-state index contributed by atoms with van der Waals surface area (Å²) in [5, 5.41) is 9.79. The normalized spacial score (nSPS) is 18.9. The van der Waals surface area contributed by atoms with Crippen LogP contribution in [0.3, 0.4) is 0 Å². The van der Waals surface area contributed by atoms with Gasteiger partial charge in [0.1, 0.15) is 0 Å². The maximum Gasteiger partial charge on any atom is 0.274 e. The first-order chi connectivity index (χ1) is 12.4. The number of ether oxygens (including phenoxy) is 1. The van der Waals surface area contributed by atoms with Crippen molar-refractivity contribution < 1.29 is 14.3 Å². The summed E-state index contributed by atoms with van der Waals surface area (Å²) in [7, 11) is 3.35. The zero-order chi connectivity index (χ0) is 18.8. The number of carbonyl (C=O) groups excluding carboxylic acids is 2. The van der Waals surface area contributed by atoms with E-state index in [0.717, 1.165) is 16.8 Å². The Morgan fingerprint density at radius 3 is 2.65 bits per heavy atom. The van der Waals surface area contributed by atoms with Crippen molar-refractivity contribution in [1.82, 2.24) is 20.4 Å². The number of benzene rings is 1. The first kappa shape index (κ1) is 18.1. The topological polar surface area (TPSA) is 87.3 Å². The third-order valence-electron chi connectivity index (χ3n) is 4.65. The van der Waals surface area contributed by atoms with Crippen LogP contribution < -0.4 is 5.32 Å². The van der Waals surface area contributed by atoms with Crippen LogP contribution in [0.1, 0.15) is 57.6 Å². The maximum absolute atomic E-state index is 12.9. The molecule has 0 unspecified atom stereocenters. The molecule has 0 saturated heterocycles. The van der Waals surface area contributed by atoms with Crippen LogP contribution in [-0.4, -0.2) is 47.1 Å². The number of nitrogens with zero attached hydrogens (tertiary/aromatic N) is 2. The second-order valence-corrected chi connectivity index (χ2v) is 6.69. The molecular formula is C19H24N4O3. The summed E-state index contributed by atoms with van der Waals surface area (Å²) in [6.45, 7) is 4.40. The predicted octanol–water partition coefficient (Wildman–Crippen LogP) is 2.06. The Morgan fingerprint density at radius 1 is 1.31 bits per heavy atom. The summed E-state index contributed by atoms with van der Waals surface area (Å²) in [5.74, 6) is -0.256. The molecule has 1 aliphatic heterocycles. The molecule has 0 radical (unpaired) electrons. The van der Waals surface area contributed by atoms with Crippen LogP contribution in [0.15, 0.2) is 24.3 Å². The van der Waals surface area contributed by atoms with Gasteiger partial charge in [0.25, 0.3) is 11.8 Å². The summed E-state index contributed by atoms with van der Waals surface area (Å²) in [6, 6.07) is 7.21. The van der Waals surface area contributed by atoms with Gasteiger partial charge in [-0.2, -0.15) is 5.10 Å². The molecule has 7 heteroatoms. The Labute approximate surface area is 152 Å². The second kappa shape index (κ2) is 7.29. The molecule has 1 aliphatic rings. The lowest BCUT2D eigenvalue weighted by Gasteiger charge is -2.25. The minimum Gasteiger partial charge on any atom is -0.369 e. The van der Waals surface area contributed by atoms with E-state index in [-0.39, 0.29) is 24.0 Å². The van der Waals surface area contributed by atoms with Crippen molar-refractivity contribution in [2.24, 2.45) is 0 Å². The van der Waals surface area contributed by atoms with Gasteiger partial charge < -0.3 is 15.0 Å². The third kappa shape index (κ3) is 3.48. The van der Waals surface area contributed by atoms with Crippen LogP contribution in [0.25, 0.3) is 0 Å². The van der Waals surface area contributed by atoms with E-state index in [9.17, 15) is 9.59 Å². The van der Waals surface area contributed by atoms with Crippen LogP contribution in [0.5, 0.6) is 0 Å². The Hall–Kier alpha value is -2.67. The lowest BCUT2D eigenvalue weighted by Crippen LogP contribution is -2.29. The average Bonchev–Trinajstić information content (AvgIpc) is 3.05. The SMILES string of the molecule is CNC(=O)c1ccc(CN(C)C(=O)c2n[nH]c3c2C[C@H](C)O[C@@H]3C)cc1. The van der Waals surface area contributed by atoms with Gasteiger partial charge in [-0.05, 0) is 31.5 Å². The summed E-state index contributed by atoms with van der Waals surface area (Å²) in [5.41, 5.74) is 3.84. The van der Waals surface area contributed by atoms with E-state index < -0.39 is 0 Å². The fraction of sp³-hybridized carbons (Fsp3) is 0.421. The largest absolute Gasteiger partial charge is 0.369 e. The number of H-pyrrole nitrogens is 1. The van der Waals surface area contributed by atoms with Crippen LogP contribution in [0.2, 0.25) is 0 Å². The van der Waals surface area contributed by atoms with Crippen molar-refractivity contribution in [3.63, 3.8) is 0 Å². The van der Waals surface area contributed by atoms with Crippen molar-refractivity contribution >= 4 is 11.8 Å². The van der Waals surface area contributed by atoms with E-state index in [1.54, 1.807) is 31.1 Å². The average molecular weight is 356 g/mol. The highest BCUT2D eigenvalue weighted by atomic mass is 16.5. The predicted molar refractivity (Wildman–Crippen MR) is 96.9 cm³/mol. The molecule has 0 fully saturated rings. The van der Waals surface area contributed by atoms with Crippen LogP contribution >= 0.6 is 0 Å². The number of amides is 2. The highest BCUT2D eigenvalue weighted by Crippen LogP contribution is 2.30. The fourth-order valence-corrected chi connectivity index (χ4v) is 3.28. The van der Waals surface area contributed by atoms with Gasteiger partial charge in [0.05, 0.1) is 17.9 Å². The number of rotatable bonds is 4. The molecule has 0 spiro atoms. The molecule has 2 atom stereocenters. The standard InChI is InChI=1S/C19H24N4O3/c1-11-9-15-16(12(2)26-11)21-22-17(15)19(25)23(4)10-13-5-7-14(8-6-13)18(24)20-3/h5-8,11-12H,9-10H2,1-4H3,(H,20,24)(H,21,22)/t11-,12+/m0/s1. The van der Waals surface area contributed by atoms with E-state index in [1.807, 2.05) is 26.0 Å². The van der Waals surface area contributed by atoms with Crippen molar-refractivity contribution in [2.45, 2.75) is 39.0 Å². The minimum atomic E-state index is -0.130. The molecule has 0 saturated carbocycles. The van der Waals surface area contributed by atoms with Gasteiger partial charge in [-0.25, -0.2) is 0 Å². The Kier molecular flexibility index (Phi) is 5.08. The molecule has 2 aromatic rings. The van der Waals surface area contributed by atoms with Gasteiger partial charge >= 0.3 is 0 Å². The van der Waals surface area contributed by atoms with Crippen LogP contribution in [-0.2, 0) is 17.7 Å². The van der Waals surface area contributed by atoms with Crippen LogP contribution in [0, 0.1) is 0 Å². The van der Waals surface area contributed by atoms with Gasteiger partial charge in [0, 0.05) is 38.2 Å². The van der Waals surface area contributed by atoms with Crippen molar-refractivity contribution in [1.29, 1.82) is 0 Å². The van der Waals surface area contributed by atoms with E-state index in [2.05, 4.69) is 15.5 Å². The molecule has 2 N–H and O–H groups in total. The number of hydrogen-bond acceptors (Lipinski definition) is 4. The number of fused-ring (bicyclic) bond motifs is 1. The Bertz CT molecular complexity index is 813. The molecule has 1 aromatic heterocycles. The Balaban J connectivity index is 1.74. The summed E-state index contributed by atoms with van der Waals surface area (Å²) in [4.78, 5) is 26.1. The van der Waals surface area contributed by atoms with E-state index >= 15 is 0 Å². The van der Waals surface area contributed by atoms with Gasteiger partial charge in [0.15, 0.2) is 5.69 Å². The zero-order valence-corrected chi connectivity index (χ0v) is 15.5. The molecule has 138 valence electrons. The summed E-state index contributed by atoms with van der Waals surface area (Å²) in [6.07, 6.45) is 0.640. The molecule has 7 nitrogen and oxygen atoms in total. The Morgan fingerprint density at radius 2 is 2.00 bits per heavy atom. The zero-order valence-electron chi connectivity index (χ0n) is 15.5. The summed E-state index contributed by atoms with van der Waals surface area (Å²) < 4.78 is 5.77. The number of carbonyl (C=O) groups is 2. The molecular weight excluding hydrogens is 332 g/mol. The van der Waals surface area contributed by atoms with Gasteiger partial charge in [-0.3, -0.25) is 14.7 Å². The lowest BCUT2D eigenvalue weighted by atomic mass is 9.99. The lowest BCUT2D eigenvalue weighted by molar-refractivity contribution is -0.00701. The van der Waals surface area contributed by atoms with E-state index in [4.69, 9.17) is 4.74 Å². The fourth-order valence-electron chi connectivity index (χ4n) is 3.28. The second-order valence-electron chi connectivity index (χ2n) is 6.69. The maximum atomic E-state index is 12.9. The summed E-state index contributed by atoms with van der Waals surface area (Å²) >= 11 is 0. The van der Waals surface area contributed by atoms with E-state index in [0.29, 0.717) is 24.2 Å². The highest BCUT2D eigenvalue weighted by Gasteiger charge is 2.30. The molecule has 0 aliphatic carbocycles. The third-order valence-corrected chi connectivity index (χ3v) is 4.65. The minimum absolute atomic E-state index is 0.0595. The number of nitrogens with one attached hydrogen (secondary N) is 2.